The lowest BCUT2D eigenvalue weighted by atomic mass is 9.79. The van der Waals surface area contributed by atoms with Crippen LogP contribution in [0.1, 0.15) is 51.5 Å². The van der Waals surface area contributed by atoms with Gasteiger partial charge in [-0.1, -0.05) is 23.7 Å². The van der Waals surface area contributed by atoms with E-state index in [1.807, 2.05) is 19.9 Å². The molecule has 3 aliphatic rings. The fourth-order valence-electron chi connectivity index (χ4n) is 5.16. The summed E-state index contributed by atoms with van der Waals surface area (Å²) in [5.41, 5.74) is 0.266. The predicted molar refractivity (Wildman–Crippen MR) is 136 cm³/mol. The third-order valence-electron chi connectivity index (χ3n) is 7.20. The van der Waals surface area contributed by atoms with Gasteiger partial charge in [-0.2, -0.15) is 0 Å². The number of carbonyl (C=O) groups excluding carboxylic acids is 2. The zero-order valence-electron chi connectivity index (χ0n) is 20.1. The van der Waals surface area contributed by atoms with Gasteiger partial charge in [-0.15, -0.1) is 0 Å². The highest BCUT2D eigenvalue weighted by Crippen LogP contribution is 2.39. The van der Waals surface area contributed by atoms with Crippen LogP contribution in [0, 0.1) is 16.7 Å². The maximum atomic E-state index is 13.2. The predicted octanol–water partition coefficient (Wildman–Crippen LogP) is 3.35. The normalized spacial score (nSPS) is 31.0. The van der Waals surface area contributed by atoms with Crippen molar-refractivity contribution in [3.63, 3.8) is 0 Å². The number of halogens is 1. The molecule has 35 heavy (non-hydrogen) atoms. The number of anilines is 1. The Bertz CT molecular complexity index is 1030. The van der Waals surface area contributed by atoms with Crippen molar-refractivity contribution < 1.29 is 14.3 Å². The molecule has 1 aromatic rings. The van der Waals surface area contributed by atoms with Crippen LogP contribution in [-0.2, 0) is 19.9 Å². The maximum Gasteiger partial charge on any atom is 0.232 e. The molecule has 0 bridgehead atoms. The van der Waals surface area contributed by atoms with E-state index < -0.39 is 5.54 Å². The second-order valence-electron chi connectivity index (χ2n) is 9.74. The molecule has 2 aliphatic heterocycles. The number of rotatable bonds is 7. The number of nitrogens with zero attached hydrogens (tertiary/aromatic N) is 1. The Morgan fingerprint density at radius 1 is 1.34 bits per heavy atom. The molecule has 2 unspecified atom stereocenters. The summed E-state index contributed by atoms with van der Waals surface area (Å²) < 4.78 is 5.60. The summed E-state index contributed by atoms with van der Waals surface area (Å²) in [6.45, 7) is 4.41. The van der Waals surface area contributed by atoms with Gasteiger partial charge in [0.05, 0.1) is 34.7 Å². The smallest absolute Gasteiger partial charge is 0.232 e. The van der Waals surface area contributed by atoms with E-state index in [9.17, 15) is 9.59 Å². The lowest BCUT2D eigenvalue weighted by Crippen LogP contribution is -2.63. The van der Waals surface area contributed by atoms with Gasteiger partial charge in [-0.3, -0.25) is 19.9 Å². The van der Waals surface area contributed by atoms with Gasteiger partial charge in [0, 0.05) is 24.9 Å². The summed E-state index contributed by atoms with van der Waals surface area (Å²) >= 11 is 6.76. The van der Waals surface area contributed by atoms with Gasteiger partial charge in [-0.05, 0) is 63.4 Å². The summed E-state index contributed by atoms with van der Waals surface area (Å²) in [6.07, 6.45) is 7.68. The molecule has 1 aromatic carbocycles. The Morgan fingerprint density at radius 3 is 2.80 bits per heavy atom. The van der Waals surface area contributed by atoms with Gasteiger partial charge >= 0.3 is 0 Å². The van der Waals surface area contributed by atoms with Gasteiger partial charge in [0.15, 0.2) is 5.96 Å². The molecule has 2 amide bonds. The van der Waals surface area contributed by atoms with E-state index in [0.717, 1.165) is 12.8 Å². The molecule has 1 aliphatic carbocycles. The highest BCUT2D eigenvalue weighted by Gasteiger charge is 2.44. The summed E-state index contributed by atoms with van der Waals surface area (Å²) in [5, 5.41) is 25.3. The van der Waals surface area contributed by atoms with Crippen LogP contribution in [0.4, 0.5) is 5.69 Å². The van der Waals surface area contributed by atoms with Crippen LogP contribution < -0.4 is 16.0 Å². The van der Waals surface area contributed by atoms with Gasteiger partial charge in [-0.25, -0.2) is 0 Å². The molecule has 4 rings (SSSR count). The Labute approximate surface area is 210 Å². The van der Waals surface area contributed by atoms with Crippen molar-refractivity contribution in [1.29, 1.82) is 10.8 Å². The third-order valence-corrected chi connectivity index (χ3v) is 7.60. The molecule has 9 nitrogen and oxygen atoms in total. The number of benzene rings is 1. The molecule has 0 radical (unpaired) electrons. The second kappa shape index (κ2) is 10.4. The molecule has 5 atom stereocenters. The zero-order chi connectivity index (χ0) is 25.2. The first kappa shape index (κ1) is 25.2. The van der Waals surface area contributed by atoms with Crippen molar-refractivity contribution in [3.8, 4) is 0 Å². The zero-order valence-corrected chi connectivity index (χ0v) is 20.8. The molecule has 1 saturated carbocycles. The van der Waals surface area contributed by atoms with Crippen LogP contribution in [0.2, 0.25) is 5.02 Å². The van der Waals surface area contributed by atoms with E-state index in [-0.39, 0.29) is 48.3 Å². The van der Waals surface area contributed by atoms with Gasteiger partial charge < -0.3 is 26.1 Å². The quantitative estimate of drug-likeness (QED) is 0.366. The molecular formula is C25H33ClN6O3. The van der Waals surface area contributed by atoms with E-state index in [1.165, 1.54) is 6.21 Å². The molecule has 5 N–H and O–H groups in total. The van der Waals surface area contributed by atoms with Crippen molar-refractivity contribution in [1.82, 2.24) is 15.5 Å². The average Bonchev–Trinajstić information content (AvgIpc) is 2.76. The minimum atomic E-state index is -0.878. The first-order valence-corrected chi connectivity index (χ1v) is 12.4. The van der Waals surface area contributed by atoms with Gasteiger partial charge in [0.1, 0.15) is 0 Å². The minimum Gasteiger partial charge on any atom is -0.387 e. The molecule has 10 heteroatoms. The van der Waals surface area contributed by atoms with Crippen LogP contribution >= 0.6 is 11.6 Å². The fraction of sp³-hybridized carbons (Fsp3) is 0.520. The molecule has 0 aromatic heterocycles. The van der Waals surface area contributed by atoms with Crippen molar-refractivity contribution in [2.45, 2.75) is 69.7 Å². The van der Waals surface area contributed by atoms with Crippen molar-refractivity contribution in [2.24, 2.45) is 5.92 Å². The molecule has 188 valence electrons. The molecule has 2 heterocycles. The van der Waals surface area contributed by atoms with E-state index >= 15 is 0 Å². The lowest BCUT2D eigenvalue weighted by molar-refractivity contribution is -0.134. The number of amides is 2. The summed E-state index contributed by atoms with van der Waals surface area (Å²) in [6, 6.07) is 5.33. The molecule has 0 spiro atoms. The SMILES string of the molecule is C[C@@H]1C[C@H](N2C(=N)N[C@](C)(c3cccc(NC(=O)C4CCC4N/C=C\C=N)c3Cl)CC2=O)CCO1. The number of carbonyl (C=O) groups is 2. The third kappa shape index (κ3) is 5.21. The minimum absolute atomic E-state index is 0.0164. The van der Waals surface area contributed by atoms with Crippen LogP contribution in [-0.4, -0.2) is 53.7 Å². The Balaban J connectivity index is 1.47. The Kier molecular flexibility index (Phi) is 7.47. The van der Waals surface area contributed by atoms with E-state index in [2.05, 4.69) is 16.0 Å². The average molecular weight is 501 g/mol. The van der Waals surface area contributed by atoms with Gasteiger partial charge in [0.2, 0.25) is 11.8 Å². The second-order valence-corrected chi connectivity index (χ2v) is 10.1. The maximum absolute atomic E-state index is 13.2. The highest BCUT2D eigenvalue weighted by atomic mass is 35.5. The summed E-state index contributed by atoms with van der Waals surface area (Å²) in [4.78, 5) is 27.7. The molecule has 3 fully saturated rings. The monoisotopic (exact) mass is 500 g/mol. The number of guanidine groups is 1. The number of hydrogen-bond acceptors (Lipinski definition) is 6. The fourth-order valence-corrected chi connectivity index (χ4v) is 5.54. The van der Waals surface area contributed by atoms with Crippen molar-refractivity contribution in [2.75, 3.05) is 11.9 Å². The van der Waals surface area contributed by atoms with E-state index in [0.29, 0.717) is 35.7 Å². The molecule has 2 saturated heterocycles. The van der Waals surface area contributed by atoms with E-state index in [4.69, 9.17) is 27.2 Å². The first-order valence-electron chi connectivity index (χ1n) is 12.1. The van der Waals surface area contributed by atoms with Crippen molar-refractivity contribution in [3.05, 3.63) is 41.1 Å². The van der Waals surface area contributed by atoms with E-state index in [1.54, 1.807) is 29.3 Å². The number of ether oxygens (including phenoxy) is 1. The molecular weight excluding hydrogens is 468 g/mol. The highest BCUT2D eigenvalue weighted by molar-refractivity contribution is 6.34. The summed E-state index contributed by atoms with van der Waals surface area (Å²) in [7, 11) is 0. The Morgan fingerprint density at radius 2 is 2.14 bits per heavy atom. The van der Waals surface area contributed by atoms with Crippen LogP contribution in [0.5, 0.6) is 0 Å². The number of hydrogen-bond donors (Lipinski definition) is 5. The van der Waals surface area contributed by atoms with Crippen molar-refractivity contribution >= 4 is 41.3 Å². The first-order chi connectivity index (χ1) is 16.7. The van der Waals surface area contributed by atoms with Gasteiger partial charge in [0.25, 0.3) is 0 Å². The largest absolute Gasteiger partial charge is 0.387 e. The lowest BCUT2D eigenvalue weighted by Gasteiger charge is -2.45. The standard InChI is InChI=1S/C25H33ClN6O3/c1-15-13-16(9-12-35-15)32-21(33)14-25(2,31-24(32)28)18-5-3-6-20(22(18)26)30-23(34)17-7-8-19(17)29-11-4-10-27/h3-6,10-11,15-17,19,27,29H,7-9,12-14H2,1-2H3,(H2,28,31)(H,30,34)/b11-4-,27-10?/t15-,16-,17?,19?,25+/m1/s1. The number of nitrogens with one attached hydrogen (secondary N) is 5. The van der Waals surface area contributed by atoms with Crippen LogP contribution in [0.3, 0.4) is 0 Å². The van der Waals surface area contributed by atoms with Crippen LogP contribution in [0.25, 0.3) is 0 Å². The van der Waals surface area contributed by atoms with Crippen LogP contribution in [0.15, 0.2) is 30.5 Å². The Hall–Kier alpha value is -2.91. The summed E-state index contributed by atoms with van der Waals surface area (Å²) in [5.74, 6) is -0.378. The number of allylic oxidation sites excluding steroid dienone is 1. The topological polar surface area (TPSA) is 130 Å².